The van der Waals surface area contributed by atoms with Gasteiger partial charge in [-0.1, -0.05) is 30.3 Å². The van der Waals surface area contributed by atoms with Crippen LogP contribution in [0.2, 0.25) is 0 Å². The van der Waals surface area contributed by atoms with Crippen LogP contribution in [0.15, 0.2) is 60.1 Å². The number of carbonyl (C=O) groups is 2. The highest BCUT2D eigenvalue weighted by Crippen LogP contribution is 2.23. The van der Waals surface area contributed by atoms with E-state index in [1.54, 1.807) is 17.5 Å². The fourth-order valence-corrected chi connectivity index (χ4v) is 3.20. The van der Waals surface area contributed by atoms with Gasteiger partial charge in [0.2, 0.25) is 5.91 Å². The lowest BCUT2D eigenvalue weighted by atomic mass is 10.0. The van der Waals surface area contributed by atoms with E-state index in [9.17, 15) is 9.59 Å². The second-order valence-electron chi connectivity index (χ2n) is 5.77. The highest BCUT2D eigenvalue weighted by atomic mass is 32.1. The van der Waals surface area contributed by atoms with Crippen molar-refractivity contribution in [3.8, 4) is 11.1 Å². The molecule has 6 heteroatoms. The lowest BCUT2D eigenvalue weighted by molar-refractivity contribution is -0.119. The summed E-state index contributed by atoms with van der Waals surface area (Å²) in [5.74, 6) is -0.285. The Morgan fingerprint density at radius 2 is 1.92 bits per heavy atom. The fraction of sp³-hybridized carbons (Fsp3) is 0.150. The van der Waals surface area contributed by atoms with Gasteiger partial charge in [0, 0.05) is 30.1 Å². The highest BCUT2D eigenvalue weighted by Gasteiger charge is 2.14. The zero-order chi connectivity index (χ0) is 18.4. The van der Waals surface area contributed by atoms with Gasteiger partial charge in [0.15, 0.2) is 0 Å². The van der Waals surface area contributed by atoms with Crippen molar-refractivity contribution in [3.05, 3.63) is 76.2 Å². The van der Waals surface area contributed by atoms with Crippen LogP contribution in [0, 0.1) is 0 Å². The van der Waals surface area contributed by atoms with Gasteiger partial charge in [-0.3, -0.25) is 14.6 Å². The van der Waals surface area contributed by atoms with Crippen molar-refractivity contribution < 1.29 is 9.59 Å². The van der Waals surface area contributed by atoms with Crippen molar-refractivity contribution in [2.75, 3.05) is 0 Å². The molecule has 0 aliphatic heterocycles. The third-order valence-electron chi connectivity index (χ3n) is 3.81. The van der Waals surface area contributed by atoms with Gasteiger partial charge in [0.05, 0.1) is 6.54 Å². The molecule has 1 aromatic carbocycles. The number of nitrogens with zero attached hydrogens (tertiary/aromatic N) is 1. The maximum Gasteiger partial charge on any atom is 0.270 e. The first kappa shape index (κ1) is 17.8. The molecule has 0 aliphatic carbocycles. The zero-order valence-corrected chi connectivity index (χ0v) is 15.2. The molecule has 2 N–H and O–H groups in total. The molecular weight excluding hydrogens is 346 g/mol. The third-order valence-corrected chi connectivity index (χ3v) is 4.68. The molecule has 26 heavy (non-hydrogen) atoms. The maximum absolute atomic E-state index is 12.6. The summed E-state index contributed by atoms with van der Waals surface area (Å²) in [6, 6.07) is 15.4. The van der Waals surface area contributed by atoms with Crippen LogP contribution >= 0.6 is 11.3 Å². The van der Waals surface area contributed by atoms with Gasteiger partial charge in [-0.2, -0.15) is 0 Å². The Morgan fingerprint density at radius 3 is 2.69 bits per heavy atom. The van der Waals surface area contributed by atoms with E-state index in [1.165, 1.54) is 6.92 Å². The Labute approximate surface area is 156 Å². The second-order valence-corrected chi connectivity index (χ2v) is 6.80. The van der Waals surface area contributed by atoms with Crippen molar-refractivity contribution in [2.24, 2.45) is 0 Å². The predicted octanol–water partition coefficient (Wildman–Crippen LogP) is 3.38. The van der Waals surface area contributed by atoms with Gasteiger partial charge >= 0.3 is 0 Å². The van der Waals surface area contributed by atoms with Crippen LogP contribution in [0.3, 0.4) is 0 Å². The van der Waals surface area contributed by atoms with E-state index in [0.717, 1.165) is 21.6 Å². The summed E-state index contributed by atoms with van der Waals surface area (Å²) in [7, 11) is 0. The van der Waals surface area contributed by atoms with Gasteiger partial charge in [-0.25, -0.2) is 0 Å². The smallest absolute Gasteiger partial charge is 0.270 e. The first-order valence-electron chi connectivity index (χ1n) is 8.23. The lowest BCUT2D eigenvalue weighted by Gasteiger charge is -2.10. The Hall–Kier alpha value is -2.99. The standard InChI is InChI=1S/C20H19N3O2S/c1-14(24)22-12-15-5-2-6-16(11-15)18-8-3-9-21-19(18)20(25)23-13-17-7-4-10-26-17/h2-11H,12-13H2,1H3,(H,22,24)(H,23,25). The van der Waals surface area contributed by atoms with Crippen molar-refractivity contribution in [1.29, 1.82) is 0 Å². The molecule has 2 heterocycles. The molecule has 2 amide bonds. The average Bonchev–Trinajstić information content (AvgIpc) is 3.18. The zero-order valence-electron chi connectivity index (χ0n) is 14.4. The van der Waals surface area contributed by atoms with Crippen LogP contribution < -0.4 is 10.6 Å². The molecule has 5 nitrogen and oxygen atoms in total. The van der Waals surface area contributed by atoms with E-state index >= 15 is 0 Å². The van der Waals surface area contributed by atoms with Gasteiger partial charge < -0.3 is 10.6 Å². The summed E-state index contributed by atoms with van der Waals surface area (Å²) in [5, 5.41) is 7.68. The number of rotatable bonds is 6. The van der Waals surface area contributed by atoms with Gasteiger partial charge in [0.1, 0.15) is 5.69 Å². The molecule has 0 aliphatic rings. The molecule has 0 saturated heterocycles. The average molecular weight is 365 g/mol. The summed E-state index contributed by atoms with van der Waals surface area (Å²) in [5.41, 5.74) is 3.01. The van der Waals surface area contributed by atoms with Crippen LogP contribution in [0.5, 0.6) is 0 Å². The van der Waals surface area contributed by atoms with Gasteiger partial charge in [0.25, 0.3) is 5.91 Å². The van der Waals surface area contributed by atoms with Crippen LogP contribution in [0.4, 0.5) is 0 Å². The second kappa shape index (κ2) is 8.40. The maximum atomic E-state index is 12.6. The Morgan fingerprint density at radius 1 is 1.04 bits per heavy atom. The SMILES string of the molecule is CC(=O)NCc1cccc(-c2cccnc2C(=O)NCc2cccs2)c1. The monoisotopic (exact) mass is 365 g/mol. The third kappa shape index (κ3) is 4.55. The normalized spacial score (nSPS) is 10.3. The Balaban J connectivity index is 1.81. The number of carbonyl (C=O) groups excluding carboxylic acids is 2. The van der Waals surface area contributed by atoms with Crippen LogP contribution in [-0.4, -0.2) is 16.8 Å². The number of hydrogen-bond donors (Lipinski definition) is 2. The number of amides is 2. The minimum Gasteiger partial charge on any atom is -0.352 e. The largest absolute Gasteiger partial charge is 0.352 e. The van der Waals surface area contributed by atoms with Crippen molar-refractivity contribution in [1.82, 2.24) is 15.6 Å². The molecule has 0 fully saturated rings. The van der Waals surface area contributed by atoms with Crippen LogP contribution in [0.1, 0.15) is 27.9 Å². The predicted molar refractivity (Wildman–Crippen MR) is 103 cm³/mol. The molecule has 0 radical (unpaired) electrons. The van der Waals surface area contributed by atoms with E-state index in [0.29, 0.717) is 18.8 Å². The van der Waals surface area contributed by atoms with E-state index in [2.05, 4.69) is 15.6 Å². The number of benzene rings is 1. The number of aromatic nitrogens is 1. The van der Waals surface area contributed by atoms with E-state index in [-0.39, 0.29) is 11.8 Å². The molecule has 0 atom stereocenters. The van der Waals surface area contributed by atoms with E-state index in [4.69, 9.17) is 0 Å². The number of hydrogen-bond acceptors (Lipinski definition) is 4. The molecule has 2 aromatic heterocycles. The minimum atomic E-state index is -0.207. The minimum absolute atomic E-state index is 0.0783. The summed E-state index contributed by atoms with van der Waals surface area (Å²) in [6.45, 7) is 2.42. The first-order chi connectivity index (χ1) is 12.6. The van der Waals surface area contributed by atoms with Gasteiger partial charge in [-0.15, -0.1) is 11.3 Å². The number of pyridine rings is 1. The molecule has 132 valence electrons. The summed E-state index contributed by atoms with van der Waals surface area (Å²) < 4.78 is 0. The molecule has 0 saturated carbocycles. The molecular formula is C20H19N3O2S. The molecule has 3 rings (SSSR count). The van der Waals surface area contributed by atoms with Crippen LogP contribution in [0.25, 0.3) is 11.1 Å². The topological polar surface area (TPSA) is 71.1 Å². The highest BCUT2D eigenvalue weighted by molar-refractivity contribution is 7.09. The van der Waals surface area contributed by atoms with E-state index < -0.39 is 0 Å². The van der Waals surface area contributed by atoms with Crippen molar-refractivity contribution >= 4 is 23.2 Å². The molecule has 0 spiro atoms. The number of nitrogens with one attached hydrogen (secondary N) is 2. The molecule has 0 bridgehead atoms. The molecule has 0 unspecified atom stereocenters. The first-order valence-corrected chi connectivity index (χ1v) is 9.11. The summed E-state index contributed by atoms with van der Waals surface area (Å²) in [4.78, 5) is 29.1. The molecule has 3 aromatic rings. The Kier molecular flexibility index (Phi) is 5.76. The van der Waals surface area contributed by atoms with E-state index in [1.807, 2.05) is 53.9 Å². The number of thiophene rings is 1. The quantitative estimate of drug-likeness (QED) is 0.703. The summed E-state index contributed by atoms with van der Waals surface area (Å²) >= 11 is 1.60. The van der Waals surface area contributed by atoms with Gasteiger partial charge in [-0.05, 0) is 34.7 Å². The van der Waals surface area contributed by atoms with Crippen molar-refractivity contribution in [3.63, 3.8) is 0 Å². The lowest BCUT2D eigenvalue weighted by Crippen LogP contribution is -2.24. The summed E-state index contributed by atoms with van der Waals surface area (Å²) in [6.07, 6.45) is 1.62. The Bertz CT molecular complexity index is 907. The van der Waals surface area contributed by atoms with Crippen LogP contribution in [-0.2, 0) is 17.9 Å². The fourth-order valence-electron chi connectivity index (χ4n) is 2.56. The van der Waals surface area contributed by atoms with Crippen molar-refractivity contribution in [2.45, 2.75) is 20.0 Å².